The van der Waals surface area contributed by atoms with Crippen LogP contribution in [0, 0.1) is 75.8 Å². The van der Waals surface area contributed by atoms with E-state index in [1.54, 1.807) is 28.4 Å². The number of H-pyrrole nitrogens is 4. The Labute approximate surface area is 787 Å². The Balaban J connectivity index is 0.000000191. The molecule has 0 radical (unpaired) electrons. The van der Waals surface area contributed by atoms with Crippen LogP contribution in [-0.4, -0.2) is 148 Å². The summed E-state index contributed by atoms with van der Waals surface area (Å²) >= 11 is 23.4. The van der Waals surface area contributed by atoms with E-state index >= 15 is 0 Å². The number of Topliss-reactive ketones (excluding diaryl/α,β-unsaturated/α-hetero) is 5. The summed E-state index contributed by atoms with van der Waals surface area (Å²) in [5, 5.41) is 10.4. The third-order valence-electron chi connectivity index (χ3n) is 32.4. The van der Waals surface area contributed by atoms with E-state index in [1.165, 1.54) is 7.11 Å². The summed E-state index contributed by atoms with van der Waals surface area (Å²) in [5.41, 5.74) is 10.1. The van der Waals surface area contributed by atoms with E-state index in [0.717, 1.165) is 171 Å². The van der Waals surface area contributed by atoms with Crippen molar-refractivity contribution < 1.29 is 62.2 Å². The van der Waals surface area contributed by atoms with Gasteiger partial charge >= 0.3 is 17.7 Å². The zero-order valence-electron chi connectivity index (χ0n) is 74.4. The molecule has 13 aliphatic rings. The highest BCUT2D eigenvalue weighted by Gasteiger charge is 2.60. The van der Waals surface area contributed by atoms with Gasteiger partial charge in [-0.25, -0.2) is 19.7 Å². The number of rotatable bonds is 5. The quantitative estimate of drug-likeness (QED) is 0.0352. The van der Waals surface area contributed by atoms with Crippen LogP contribution in [0.3, 0.4) is 0 Å². The summed E-state index contributed by atoms with van der Waals surface area (Å²) < 4.78 is 39.1. The van der Waals surface area contributed by atoms with E-state index in [1.807, 2.05) is 20.8 Å². The molecule has 7 fully saturated rings. The first-order valence-corrected chi connectivity index (χ1v) is 45.6. The number of allylic oxidation sites excluding steroid dienone is 1. The smallest absolute Gasteiger partial charge is 0.325 e. The van der Waals surface area contributed by atoms with Crippen LogP contribution in [0.2, 0.25) is 15.7 Å². The minimum Gasteiger partial charge on any atom is -0.515 e. The molecule has 1 saturated heterocycles. The zero-order chi connectivity index (χ0) is 89.6. The number of ketones is 5. The first-order valence-electron chi connectivity index (χ1n) is 44.1. The molecule has 1 aliphatic heterocycles. The van der Waals surface area contributed by atoms with Crippen LogP contribution in [0.4, 0.5) is 0 Å². The van der Waals surface area contributed by atoms with E-state index in [4.69, 9.17) is 80.2 Å². The average molecular weight is 1880 g/mol. The highest BCUT2D eigenvalue weighted by molar-refractivity contribution is 7.71. The van der Waals surface area contributed by atoms with Gasteiger partial charge in [0.1, 0.15) is 28.3 Å². The number of carbonyl (C=O) groups is 5. The van der Waals surface area contributed by atoms with Crippen LogP contribution < -0.4 is 40.5 Å². The van der Waals surface area contributed by atoms with Crippen LogP contribution in [0.5, 0.6) is 29.7 Å². The van der Waals surface area contributed by atoms with Gasteiger partial charge in [0.15, 0.2) is 16.3 Å². The minimum absolute atomic E-state index is 0. The summed E-state index contributed by atoms with van der Waals surface area (Å²) in [4.78, 5) is 142. The third kappa shape index (κ3) is 18.7. The van der Waals surface area contributed by atoms with Crippen molar-refractivity contribution in [2.45, 2.75) is 314 Å². The van der Waals surface area contributed by atoms with Gasteiger partial charge in [0.25, 0.3) is 11.1 Å². The fourth-order valence-electron chi connectivity index (χ4n) is 25.3. The molecule has 7 heterocycles. The molecule has 0 bridgehead atoms. The van der Waals surface area contributed by atoms with E-state index in [2.05, 4.69) is 122 Å². The predicted octanol–water partition coefficient (Wildman–Crippen LogP) is 18.4. The topological polar surface area (TPSA) is 388 Å². The number of nitrogens with zero attached hydrogens (tertiary/aromatic N) is 8. The molecule has 5 N–H and O–H groups in total. The number of ether oxygens (including phenoxy) is 7. The van der Waals surface area contributed by atoms with E-state index < -0.39 is 11.5 Å². The Morgan fingerprint density at radius 1 is 0.385 bits per heavy atom. The number of aliphatic hydroxyl groups excluding tert-OH is 1. The fraction of sp³-hybridized carbons (Fsp3) is 0.684. The second-order valence-corrected chi connectivity index (χ2v) is 39.7. The molecular weight excluding hydrogens is 1740 g/mol. The van der Waals surface area contributed by atoms with E-state index in [9.17, 15) is 43.5 Å². The first-order chi connectivity index (χ1) is 58.8. The maximum Gasteiger partial charge on any atom is 0.325 e. The molecule has 6 aromatic heterocycles. The van der Waals surface area contributed by atoms with Crippen molar-refractivity contribution in [3.8, 4) is 29.7 Å². The van der Waals surface area contributed by atoms with Crippen LogP contribution in [0.1, 0.15) is 304 Å². The number of methoxy groups -OCH3 is 5. The van der Waals surface area contributed by atoms with Crippen molar-refractivity contribution in [1.29, 1.82) is 0 Å². The number of hydrogen-bond donors (Lipinski definition) is 5. The number of aliphatic hydroxyl groups is 1. The number of nitrogens with one attached hydrogen (secondary N) is 4. The van der Waals surface area contributed by atoms with Crippen molar-refractivity contribution in [2.75, 3.05) is 48.8 Å². The summed E-state index contributed by atoms with van der Waals surface area (Å²) in [7, 11) is 7.92. The second kappa shape index (κ2) is 41.3. The van der Waals surface area contributed by atoms with Crippen molar-refractivity contribution in [1.82, 2.24) is 59.8 Å². The molecule has 718 valence electrons. The Morgan fingerprint density at radius 3 is 1.16 bits per heavy atom. The molecule has 6 saturated carbocycles. The number of hydrogen-bond acceptors (Lipinski definition) is 25. The standard InChI is InChI=1S/C17H22N2O4.C16H22N2O3S.C16H22N2O3.C15H19ClN2O2.C14H16Cl2N2O.C14H18N2O3.6CH4/c1-9-12-6-5-11-14(18-16(23-4)19-15(11)22-3)17(12,2)7-10(8-20)13(9)21;1-9-11-4-3-10-12(17-14(22)18-13(10)19)15(11,2)5-6-16(9)20-7-8-21-16;1-9-11-6-5-10-13(16(11,2)8-7-12(9)19)17-15(21-4)18-14(10)20-3;1-8-10-5-4-9-12(15(10,2)7-6-11(8)19)17-14(16)18-13(9)20-3;1-7-9-4-3-8-11(17-13(16)18-12(8)15)14(9,2)6-5-10(7)19;1-7-9-4-3-8-11(15-13(19)16-12(8)18)14(9,2)6-5-10(7)17;;;;;;/h8-9,12,20H,5-7H2,1-4H3;9,11H,3-8H2,1-2H3,(H2,17,18,19,22);9,11H,5-8H2,1-4H3;8,10H,4-7H2,1-3H3;7,9H,3-6H2,1-2H3;7,9H,3-6H2,1-2H3,(H2,15,16,18,19);6*1H4/b10-8-;;;;;;;;;;;/t9-,12-,17-;9-,11-,15-;9-,11-,16-;8-,10-,15-;2*7-,9-,14-;;;;;;/m000000....../s1. The van der Waals surface area contributed by atoms with Crippen molar-refractivity contribution >= 4 is 75.9 Å². The molecule has 32 heteroatoms. The van der Waals surface area contributed by atoms with Gasteiger partial charge in [-0.3, -0.25) is 43.5 Å². The van der Waals surface area contributed by atoms with Crippen LogP contribution in [0.15, 0.2) is 26.2 Å². The molecule has 6 aromatic rings. The molecule has 0 aromatic carbocycles. The number of carbonyl (C=O) groups excluding carboxylic acids is 5. The van der Waals surface area contributed by atoms with Crippen molar-refractivity contribution in [2.24, 2.45) is 71.0 Å². The van der Waals surface area contributed by atoms with Gasteiger partial charge in [0, 0.05) is 150 Å². The lowest BCUT2D eigenvalue weighted by molar-refractivity contribution is -0.234. The molecule has 19 rings (SSSR count). The molecule has 28 nitrogen and oxygen atoms in total. The highest BCUT2D eigenvalue weighted by Crippen LogP contribution is 2.60. The summed E-state index contributed by atoms with van der Waals surface area (Å²) in [6.45, 7) is 26.7. The Bertz CT molecular complexity index is 5500. The lowest BCUT2D eigenvalue weighted by Gasteiger charge is -2.54. The molecule has 0 amide bonds. The van der Waals surface area contributed by atoms with E-state index in [-0.39, 0.29) is 152 Å². The zero-order valence-corrected chi connectivity index (χ0v) is 77.5. The lowest BCUT2D eigenvalue weighted by Crippen LogP contribution is -2.56. The van der Waals surface area contributed by atoms with Gasteiger partial charge in [-0.2, -0.15) is 24.9 Å². The maximum absolute atomic E-state index is 12.4. The van der Waals surface area contributed by atoms with Crippen molar-refractivity contribution in [3.63, 3.8) is 0 Å². The second-order valence-electron chi connectivity index (χ2n) is 38.2. The van der Waals surface area contributed by atoms with Gasteiger partial charge in [-0.05, 0) is 187 Å². The largest absolute Gasteiger partial charge is 0.515 e. The fourth-order valence-corrected chi connectivity index (χ4v) is 26.1. The average Bonchev–Trinajstić information content (AvgIpc) is 1.83. The van der Waals surface area contributed by atoms with Crippen molar-refractivity contribution in [3.05, 3.63) is 131 Å². The van der Waals surface area contributed by atoms with Gasteiger partial charge in [0.2, 0.25) is 28.2 Å². The molecular formula is C98H143Cl3N12O16S. The number of halogens is 3. The van der Waals surface area contributed by atoms with Crippen LogP contribution in [0.25, 0.3) is 0 Å². The SMILES string of the molecule is C.C.C.C.C.C.COc1nc(Cl)nc2c1CC[C@H]1[C@H](C)C(=O)CC[C@]21C.COc1nc(OC)c2c(n1)[C@@]1(C)C/C(=C/O)C(=O)[C@@H](C)[C@@H]1CC2.COc1nc(OC)c2c(n1)[C@@]1(C)CCC(=O)[C@@H](C)[C@@H]1CC2.C[C@@H]1C(=O)CC[C@]2(C)c3[nH]c(=O)[nH]c(=O)c3CC[C@@H]12.C[C@@H]1C(=O)CC[C@]2(C)c3nc(Cl)nc(Cl)c3CC[C@@H]12.C[C@H]1[C@@H]2CCc3c([nH]c(=S)[nH]c3=O)[C@@]2(C)CCC12OCCO2. The van der Waals surface area contributed by atoms with Gasteiger partial charge in [-0.15, -0.1) is 0 Å². The third-order valence-corrected chi connectivity index (χ3v) is 33.2. The first kappa shape index (κ1) is 107. The molecule has 18 atom stereocenters. The van der Waals surface area contributed by atoms with Gasteiger partial charge in [0.05, 0.1) is 77.8 Å². The minimum atomic E-state index is -0.449. The summed E-state index contributed by atoms with van der Waals surface area (Å²) in [5.74, 6) is 5.10. The Morgan fingerprint density at radius 2 is 0.731 bits per heavy atom. The monoisotopic (exact) mass is 1880 g/mol. The maximum atomic E-state index is 12.4. The lowest BCUT2D eigenvalue weighted by atomic mass is 9.55. The van der Waals surface area contributed by atoms with Crippen LogP contribution in [-0.2, 0) is 104 Å². The van der Waals surface area contributed by atoms with Gasteiger partial charge < -0.3 is 48.2 Å². The van der Waals surface area contributed by atoms with Gasteiger partial charge in [-0.1, -0.05) is 139 Å². The highest BCUT2D eigenvalue weighted by atomic mass is 35.5. The summed E-state index contributed by atoms with van der Waals surface area (Å²) in [6, 6.07) is 0.610. The van der Waals surface area contributed by atoms with Crippen LogP contribution >= 0.6 is 47.0 Å². The molecule has 12 aliphatic carbocycles. The normalized spacial score (nSPS) is 31.6. The number of aromatic amines is 4. The van der Waals surface area contributed by atoms with E-state index in [0.29, 0.717) is 156 Å². The summed E-state index contributed by atoms with van der Waals surface area (Å²) in [6.07, 6.45) is 19.3. The molecule has 1 spiro atoms. The number of fused-ring (bicyclic) bond motifs is 18. The molecule has 130 heavy (non-hydrogen) atoms. The predicted molar refractivity (Wildman–Crippen MR) is 507 cm³/mol. The number of aromatic nitrogens is 12. The Kier molecular flexibility index (Phi) is 34.0. The Hall–Kier alpha value is -8.22. The molecule has 0 unspecified atom stereocenters.